The van der Waals surface area contributed by atoms with Crippen molar-refractivity contribution in [3.8, 4) is 0 Å². The molecule has 0 saturated carbocycles. The molecule has 0 aromatic heterocycles. The summed E-state index contributed by atoms with van der Waals surface area (Å²) in [5.74, 6) is -0.932. The standard InChI is InChI=1S/C13H17BrN2O3/c1-16-2-3-19-12(8-16)7-15-11-5-9(13(17)18)4-10(14)6-11/h4-6,12,15H,2-3,7-8H2,1H3,(H,17,18). The van der Waals surface area contributed by atoms with Gasteiger partial charge in [0.2, 0.25) is 0 Å². The molecule has 2 N–H and O–H groups in total. The third-order valence-corrected chi connectivity index (χ3v) is 3.48. The van der Waals surface area contributed by atoms with E-state index in [2.05, 4.69) is 33.2 Å². The van der Waals surface area contributed by atoms with Crippen LogP contribution in [0.15, 0.2) is 22.7 Å². The predicted molar refractivity (Wildman–Crippen MR) is 76.8 cm³/mol. The Labute approximate surface area is 120 Å². The Hall–Kier alpha value is -1.11. The Morgan fingerprint density at radius 3 is 3.05 bits per heavy atom. The molecular formula is C13H17BrN2O3. The van der Waals surface area contributed by atoms with E-state index in [1.165, 1.54) is 0 Å². The minimum absolute atomic E-state index is 0.131. The SMILES string of the molecule is CN1CCOC(CNc2cc(Br)cc(C(=O)O)c2)C1. The molecule has 1 aromatic rings. The van der Waals surface area contributed by atoms with Crippen LogP contribution in [-0.4, -0.2) is 55.4 Å². The van der Waals surface area contributed by atoms with Crippen molar-refractivity contribution in [2.75, 3.05) is 38.6 Å². The van der Waals surface area contributed by atoms with Crippen molar-refractivity contribution < 1.29 is 14.6 Å². The van der Waals surface area contributed by atoms with Gasteiger partial charge in [-0.05, 0) is 25.2 Å². The number of hydrogen-bond donors (Lipinski definition) is 2. The van der Waals surface area contributed by atoms with E-state index in [4.69, 9.17) is 9.84 Å². The van der Waals surface area contributed by atoms with Crippen LogP contribution in [0.4, 0.5) is 5.69 Å². The van der Waals surface area contributed by atoms with Crippen LogP contribution in [0.2, 0.25) is 0 Å². The van der Waals surface area contributed by atoms with Gasteiger partial charge >= 0.3 is 5.97 Å². The minimum atomic E-state index is -0.932. The molecular weight excluding hydrogens is 312 g/mol. The van der Waals surface area contributed by atoms with E-state index in [9.17, 15) is 4.79 Å². The Morgan fingerprint density at radius 2 is 2.37 bits per heavy atom. The highest BCUT2D eigenvalue weighted by molar-refractivity contribution is 9.10. The van der Waals surface area contributed by atoms with Crippen molar-refractivity contribution in [2.45, 2.75) is 6.10 Å². The van der Waals surface area contributed by atoms with E-state index in [1.54, 1.807) is 12.1 Å². The highest BCUT2D eigenvalue weighted by Gasteiger charge is 2.17. The molecule has 6 heteroatoms. The lowest BCUT2D eigenvalue weighted by Gasteiger charge is -2.30. The average Bonchev–Trinajstić information content (AvgIpc) is 2.36. The van der Waals surface area contributed by atoms with Crippen LogP contribution in [0, 0.1) is 0 Å². The molecule has 1 heterocycles. The summed E-state index contributed by atoms with van der Waals surface area (Å²) in [5, 5.41) is 12.2. The summed E-state index contributed by atoms with van der Waals surface area (Å²) in [5.41, 5.74) is 1.04. The molecule has 1 aromatic carbocycles. The number of anilines is 1. The number of nitrogens with one attached hydrogen (secondary N) is 1. The second-order valence-electron chi connectivity index (χ2n) is 4.67. The molecule has 1 atom stereocenters. The van der Waals surface area contributed by atoms with Crippen molar-refractivity contribution in [3.05, 3.63) is 28.2 Å². The number of ether oxygens (including phenoxy) is 1. The molecule has 0 aliphatic carbocycles. The van der Waals surface area contributed by atoms with Gasteiger partial charge in [-0.1, -0.05) is 15.9 Å². The zero-order valence-corrected chi connectivity index (χ0v) is 12.3. The number of aromatic carboxylic acids is 1. The number of carboxylic acid groups (broad SMARTS) is 1. The second kappa shape index (κ2) is 6.36. The van der Waals surface area contributed by atoms with Crippen molar-refractivity contribution in [3.63, 3.8) is 0 Å². The van der Waals surface area contributed by atoms with Crippen LogP contribution in [0.1, 0.15) is 10.4 Å². The van der Waals surface area contributed by atoms with E-state index in [0.29, 0.717) is 6.54 Å². The number of halogens is 1. The first kappa shape index (κ1) is 14.3. The first-order valence-corrected chi connectivity index (χ1v) is 6.92. The number of likely N-dealkylation sites (N-methyl/N-ethyl adjacent to an activating group) is 1. The van der Waals surface area contributed by atoms with E-state index in [0.717, 1.165) is 29.9 Å². The van der Waals surface area contributed by atoms with Gasteiger partial charge in [-0.15, -0.1) is 0 Å². The maximum absolute atomic E-state index is 11.0. The van der Waals surface area contributed by atoms with Crippen molar-refractivity contribution >= 4 is 27.6 Å². The second-order valence-corrected chi connectivity index (χ2v) is 5.59. The van der Waals surface area contributed by atoms with Crippen molar-refractivity contribution in [2.24, 2.45) is 0 Å². The number of rotatable bonds is 4. The summed E-state index contributed by atoms with van der Waals surface area (Å²) < 4.78 is 6.39. The van der Waals surface area contributed by atoms with Crippen LogP contribution in [-0.2, 0) is 4.74 Å². The largest absolute Gasteiger partial charge is 0.478 e. The maximum atomic E-state index is 11.0. The highest BCUT2D eigenvalue weighted by atomic mass is 79.9. The summed E-state index contributed by atoms with van der Waals surface area (Å²) in [6.45, 7) is 3.24. The molecule has 104 valence electrons. The average molecular weight is 329 g/mol. The van der Waals surface area contributed by atoms with Crippen molar-refractivity contribution in [1.29, 1.82) is 0 Å². The molecule has 1 aliphatic rings. The van der Waals surface area contributed by atoms with Crippen LogP contribution >= 0.6 is 15.9 Å². The fourth-order valence-corrected chi connectivity index (χ4v) is 2.53. The summed E-state index contributed by atoms with van der Waals surface area (Å²) in [6, 6.07) is 5.07. The van der Waals surface area contributed by atoms with E-state index in [1.807, 2.05) is 6.07 Å². The van der Waals surface area contributed by atoms with Gasteiger partial charge in [0.1, 0.15) is 0 Å². The van der Waals surface area contributed by atoms with Crippen LogP contribution < -0.4 is 5.32 Å². The molecule has 0 spiro atoms. The van der Waals surface area contributed by atoms with E-state index >= 15 is 0 Å². The Balaban J connectivity index is 1.97. The summed E-state index contributed by atoms with van der Waals surface area (Å²) in [7, 11) is 2.07. The van der Waals surface area contributed by atoms with Gasteiger partial charge in [0, 0.05) is 29.8 Å². The highest BCUT2D eigenvalue weighted by Crippen LogP contribution is 2.20. The van der Waals surface area contributed by atoms with Gasteiger partial charge in [0.05, 0.1) is 18.3 Å². The Bertz CT molecular complexity index is 467. The quantitative estimate of drug-likeness (QED) is 0.883. The maximum Gasteiger partial charge on any atom is 0.335 e. The van der Waals surface area contributed by atoms with E-state index < -0.39 is 5.97 Å². The molecule has 19 heavy (non-hydrogen) atoms. The third kappa shape index (κ3) is 4.19. The lowest BCUT2D eigenvalue weighted by molar-refractivity contribution is -0.0117. The van der Waals surface area contributed by atoms with Gasteiger partial charge in [-0.25, -0.2) is 4.79 Å². The smallest absolute Gasteiger partial charge is 0.335 e. The fraction of sp³-hybridized carbons (Fsp3) is 0.462. The van der Waals surface area contributed by atoms with Gasteiger partial charge in [-0.2, -0.15) is 0 Å². The summed E-state index contributed by atoms with van der Waals surface area (Å²) >= 11 is 3.31. The van der Waals surface area contributed by atoms with Gasteiger partial charge in [0.15, 0.2) is 0 Å². The summed E-state index contributed by atoms with van der Waals surface area (Å²) in [6.07, 6.45) is 0.131. The molecule has 0 bridgehead atoms. The first-order chi connectivity index (χ1) is 9.04. The van der Waals surface area contributed by atoms with E-state index in [-0.39, 0.29) is 11.7 Å². The zero-order valence-electron chi connectivity index (χ0n) is 10.7. The topological polar surface area (TPSA) is 61.8 Å². The molecule has 1 aliphatic heterocycles. The number of benzene rings is 1. The molecule has 0 amide bonds. The van der Waals surface area contributed by atoms with Crippen molar-refractivity contribution in [1.82, 2.24) is 4.90 Å². The third-order valence-electron chi connectivity index (χ3n) is 3.02. The van der Waals surface area contributed by atoms with Gasteiger partial charge in [-0.3, -0.25) is 0 Å². The zero-order chi connectivity index (χ0) is 13.8. The van der Waals surface area contributed by atoms with Crippen LogP contribution in [0.5, 0.6) is 0 Å². The predicted octanol–water partition coefficient (Wildman–Crippen LogP) is 1.89. The minimum Gasteiger partial charge on any atom is -0.478 e. The molecule has 5 nitrogen and oxygen atoms in total. The number of nitrogens with zero attached hydrogens (tertiary/aromatic N) is 1. The van der Waals surface area contributed by atoms with Crippen LogP contribution in [0.3, 0.4) is 0 Å². The molecule has 1 unspecified atom stereocenters. The fourth-order valence-electron chi connectivity index (χ4n) is 2.04. The molecule has 1 fully saturated rings. The number of hydrogen-bond acceptors (Lipinski definition) is 4. The number of carboxylic acids is 1. The first-order valence-electron chi connectivity index (χ1n) is 6.12. The van der Waals surface area contributed by atoms with Crippen LogP contribution in [0.25, 0.3) is 0 Å². The van der Waals surface area contributed by atoms with Gasteiger partial charge < -0.3 is 20.1 Å². The molecule has 0 radical (unpaired) electrons. The lowest BCUT2D eigenvalue weighted by atomic mass is 10.2. The Kier molecular flexibility index (Phi) is 4.79. The Morgan fingerprint density at radius 1 is 1.58 bits per heavy atom. The monoisotopic (exact) mass is 328 g/mol. The number of carbonyl (C=O) groups is 1. The molecule has 2 rings (SSSR count). The molecule has 1 saturated heterocycles. The normalized spacial score (nSPS) is 20.2. The lowest BCUT2D eigenvalue weighted by Crippen LogP contribution is -2.43. The number of morpholine rings is 1. The summed E-state index contributed by atoms with van der Waals surface area (Å²) in [4.78, 5) is 13.2. The van der Waals surface area contributed by atoms with Gasteiger partial charge in [0.25, 0.3) is 0 Å².